The first-order chi connectivity index (χ1) is 16.8. The molecule has 0 bridgehead atoms. The summed E-state index contributed by atoms with van der Waals surface area (Å²) in [6.45, 7) is 0.506. The van der Waals surface area contributed by atoms with Gasteiger partial charge in [0.2, 0.25) is 0 Å². The van der Waals surface area contributed by atoms with E-state index in [0.717, 1.165) is 16.8 Å². The summed E-state index contributed by atoms with van der Waals surface area (Å²) in [6, 6.07) is 17.0. The van der Waals surface area contributed by atoms with E-state index >= 15 is 0 Å². The number of nitrogens with one attached hydrogen (secondary N) is 2. The minimum absolute atomic E-state index is 0.0880. The highest BCUT2D eigenvalue weighted by Crippen LogP contribution is 2.20. The first kappa shape index (κ1) is 25.3. The van der Waals surface area contributed by atoms with Crippen molar-refractivity contribution in [3.63, 3.8) is 0 Å². The molecule has 0 radical (unpaired) electrons. The Morgan fingerprint density at radius 3 is 2.46 bits per heavy atom. The number of rotatable bonds is 8. The van der Waals surface area contributed by atoms with E-state index in [2.05, 4.69) is 15.4 Å². The molecule has 0 saturated carbocycles. The minimum Gasteiger partial charge on any atom is -0.382 e. The fourth-order valence-corrected chi connectivity index (χ4v) is 3.38. The number of halogens is 1. The lowest BCUT2D eigenvalue weighted by molar-refractivity contribution is -0.118. The molecule has 3 rings (SSSR count). The van der Waals surface area contributed by atoms with E-state index < -0.39 is 5.91 Å². The van der Waals surface area contributed by atoms with Gasteiger partial charge in [0.25, 0.3) is 5.91 Å². The number of H-pyrrole nitrogens is 1. The van der Waals surface area contributed by atoms with Crippen molar-refractivity contribution in [3.05, 3.63) is 88.9 Å². The summed E-state index contributed by atoms with van der Waals surface area (Å²) < 4.78 is 13.0. The standard InChI is InChI=1S/C25H25FN6O2S/c1-32(13-12-16-2-8-20(26)9-3-16)25(35)30-24(34)19(15-33)14-21-10-11-22(29-21)17-4-6-18(7-5-17)23(27)31-28/h2-11,14-15,29H,12-13,28H2,1H3,(H2,27,31)(H,30,34,35)/b19-14-. The molecule has 0 spiro atoms. The van der Waals surface area contributed by atoms with Crippen LogP contribution in [0, 0.1) is 5.82 Å². The predicted molar refractivity (Wildman–Crippen MR) is 139 cm³/mol. The molecule has 0 aliphatic heterocycles. The van der Waals surface area contributed by atoms with E-state index in [0.29, 0.717) is 30.5 Å². The number of benzene rings is 2. The van der Waals surface area contributed by atoms with Crippen molar-refractivity contribution in [1.82, 2.24) is 15.2 Å². The van der Waals surface area contributed by atoms with E-state index in [4.69, 9.17) is 23.8 Å². The summed E-state index contributed by atoms with van der Waals surface area (Å²) in [6.07, 6.45) is 2.53. The fourth-order valence-electron chi connectivity index (χ4n) is 3.19. The maximum Gasteiger partial charge on any atom is 0.260 e. The topological polar surface area (TPSA) is 130 Å². The van der Waals surface area contributed by atoms with Gasteiger partial charge in [-0.05, 0) is 60.1 Å². The molecule has 3 aromatic rings. The van der Waals surface area contributed by atoms with Crippen LogP contribution in [-0.2, 0) is 16.0 Å². The number of amides is 1. The van der Waals surface area contributed by atoms with Gasteiger partial charge in [-0.25, -0.2) is 4.39 Å². The van der Waals surface area contributed by atoms with E-state index in [-0.39, 0.29) is 22.3 Å². The number of aldehydes is 1. The summed E-state index contributed by atoms with van der Waals surface area (Å²) in [4.78, 5) is 29.0. The molecule has 8 nitrogen and oxygen atoms in total. The van der Waals surface area contributed by atoms with Gasteiger partial charge in [-0.2, -0.15) is 5.10 Å². The third-order valence-electron chi connectivity index (χ3n) is 5.26. The van der Waals surface area contributed by atoms with Gasteiger partial charge >= 0.3 is 0 Å². The van der Waals surface area contributed by atoms with Gasteiger partial charge in [0.05, 0.1) is 5.57 Å². The van der Waals surface area contributed by atoms with Crippen molar-refractivity contribution in [3.8, 4) is 11.3 Å². The van der Waals surface area contributed by atoms with Gasteiger partial charge in [0.15, 0.2) is 11.4 Å². The van der Waals surface area contributed by atoms with Gasteiger partial charge < -0.3 is 21.5 Å². The summed E-state index contributed by atoms with van der Waals surface area (Å²) in [7, 11) is 1.73. The number of aromatic amines is 1. The molecule has 1 amide bonds. The molecule has 180 valence electrons. The van der Waals surface area contributed by atoms with Crippen LogP contribution in [0.2, 0.25) is 0 Å². The van der Waals surface area contributed by atoms with Crippen molar-refractivity contribution >= 4 is 41.4 Å². The molecule has 0 fully saturated rings. The molecule has 1 heterocycles. The molecule has 0 atom stereocenters. The zero-order valence-electron chi connectivity index (χ0n) is 19.0. The second-order valence-electron chi connectivity index (χ2n) is 7.69. The van der Waals surface area contributed by atoms with Gasteiger partial charge in [0.1, 0.15) is 11.7 Å². The number of hydrogen-bond acceptors (Lipinski definition) is 5. The third-order valence-corrected chi connectivity index (χ3v) is 5.67. The lowest BCUT2D eigenvalue weighted by Gasteiger charge is -2.20. The van der Waals surface area contributed by atoms with Gasteiger partial charge in [-0.15, -0.1) is 0 Å². The van der Waals surface area contributed by atoms with Crippen LogP contribution in [0.25, 0.3) is 17.3 Å². The molecule has 10 heteroatoms. The quantitative estimate of drug-likeness (QED) is 0.0440. The van der Waals surface area contributed by atoms with Crippen LogP contribution in [-0.4, -0.2) is 46.6 Å². The number of carbonyl (C=O) groups is 2. The van der Waals surface area contributed by atoms with Crippen molar-refractivity contribution in [2.75, 3.05) is 13.6 Å². The zero-order chi connectivity index (χ0) is 25.4. The summed E-state index contributed by atoms with van der Waals surface area (Å²) in [5.41, 5.74) is 9.48. The van der Waals surface area contributed by atoms with Gasteiger partial charge in [-0.3, -0.25) is 14.9 Å². The maximum absolute atomic E-state index is 13.0. The van der Waals surface area contributed by atoms with Crippen LogP contribution in [0.15, 0.2) is 71.3 Å². The number of carbonyl (C=O) groups excluding carboxylic acids is 2. The number of aromatic nitrogens is 1. The molecule has 0 unspecified atom stereocenters. The maximum atomic E-state index is 13.0. The van der Waals surface area contributed by atoms with Crippen LogP contribution < -0.4 is 16.9 Å². The van der Waals surface area contributed by atoms with Crippen LogP contribution in [0.5, 0.6) is 0 Å². The van der Waals surface area contributed by atoms with Crippen molar-refractivity contribution in [2.24, 2.45) is 16.7 Å². The fraction of sp³-hybridized carbons (Fsp3) is 0.120. The molecule has 2 aromatic carbocycles. The zero-order valence-corrected chi connectivity index (χ0v) is 19.8. The number of nitrogens with zero attached hydrogens (tertiary/aromatic N) is 2. The predicted octanol–water partition coefficient (Wildman–Crippen LogP) is 2.56. The minimum atomic E-state index is -0.615. The Balaban J connectivity index is 1.62. The smallest absolute Gasteiger partial charge is 0.260 e. The normalized spacial score (nSPS) is 11.7. The molecule has 0 aliphatic rings. The van der Waals surface area contributed by atoms with Crippen molar-refractivity contribution < 1.29 is 14.0 Å². The average Bonchev–Trinajstić information content (AvgIpc) is 3.34. The molecule has 6 N–H and O–H groups in total. The SMILES string of the molecule is CN(CCc1ccc(F)cc1)C(=S)NC(=O)/C(C=O)=C\c1ccc(-c2ccc(/C(N)=N/N)cc2)[nH]1. The Bertz CT molecular complexity index is 1270. The number of nitrogens with two attached hydrogens (primary N) is 2. The number of amidine groups is 1. The van der Waals surface area contributed by atoms with Crippen LogP contribution >= 0.6 is 12.2 Å². The van der Waals surface area contributed by atoms with Crippen LogP contribution in [0.4, 0.5) is 4.39 Å². The summed E-state index contributed by atoms with van der Waals surface area (Å²) in [5, 5.41) is 6.21. The molecule has 35 heavy (non-hydrogen) atoms. The number of hydrogen-bond donors (Lipinski definition) is 4. The van der Waals surface area contributed by atoms with Crippen LogP contribution in [0.1, 0.15) is 16.8 Å². The third kappa shape index (κ3) is 6.84. The highest BCUT2D eigenvalue weighted by Gasteiger charge is 2.14. The van der Waals surface area contributed by atoms with E-state index in [1.54, 1.807) is 42.3 Å². The Labute approximate surface area is 207 Å². The van der Waals surface area contributed by atoms with Crippen LogP contribution in [0.3, 0.4) is 0 Å². The Hall–Kier alpha value is -4.31. The highest BCUT2D eigenvalue weighted by molar-refractivity contribution is 7.80. The molecule has 1 aromatic heterocycles. The van der Waals surface area contributed by atoms with Crippen molar-refractivity contribution in [1.29, 1.82) is 0 Å². The van der Waals surface area contributed by atoms with Gasteiger partial charge in [-0.1, -0.05) is 36.4 Å². The molecule has 0 saturated heterocycles. The Morgan fingerprint density at radius 1 is 1.14 bits per heavy atom. The Kier molecular flexibility index (Phi) is 8.47. The largest absolute Gasteiger partial charge is 0.382 e. The summed E-state index contributed by atoms with van der Waals surface area (Å²) >= 11 is 5.28. The molecular weight excluding hydrogens is 467 g/mol. The number of thiocarbonyl (C=S) groups is 1. The monoisotopic (exact) mass is 492 g/mol. The first-order valence-electron chi connectivity index (χ1n) is 10.6. The highest BCUT2D eigenvalue weighted by atomic mass is 32.1. The second-order valence-corrected chi connectivity index (χ2v) is 8.08. The van der Waals surface area contributed by atoms with E-state index in [1.807, 2.05) is 18.2 Å². The van der Waals surface area contributed by atoms with Crippen molar-refractivity contribution in [2.45, 2.75) is 6.42 Å². The van der Waals surface area contributed by atoms with E-state index in [9.17, 15) is 14.0 Å². The number of hydrazone groups is 1. The number of likely N-dealkylation sites (N-methyl/N-ethyl adjacent to an activating group) is 1. The lowest BCUT2D eigenvalue weighted by atomic mass is 10.1. The average molecular weight is 493 g/mol. The molecule has 0 aliphatic carbocycles. The van der Waals surface area contributed by atoms with Gasteiger partial charge in [0, 0.05) is 30.5 Å². The summed E-state index contributed by atoms with van der Waals surface area (Å²) in [5.74, 6) is 4.51. The van der Waals surface area contributed by atoms with E-state index in [1.165, 1.54) is 18.2 Å². The Morgan fingerprint density at radius 2 is 1.83 bits per heavy atom. The second kappa shape index (κ2) is 11.7. The first-order valence-corrected chi connectivity index (χ1v) is 11.0. The lowest BCUT2D eigenvalue weighted by Crippen LogP contribution is -2.42. The molecular formula is C25H25FN6O2S.